The number of amides is 1. The Labute approximate surface area is 115 Å². The first kappa shape index (κ1) is 13.9. The number of fused-ring (bicyclic) bond motifs is 1. The van der Waals surface area contributed by atoms with Crippen LogP contribution < -0.4 is 16.0 Å². The van der Waals surface area contributed by atoms with Crippen molar-refractivity contribution in [2.45, 2.75) is 38.3 Å². The van der Waals surface area contributed by atoms with Gasteiger partial charge in [-0.25, -0.2) is 0 Å². The van der Waals surface area contributed by atoms with E-state index in [0.717, 1.165) is 13.0 Å². The maximum Gasteiger partial charge on any atom is 0.237 e. The molecule has 0 aliphatic carbocycles. The van der Waals surface area contributed by atoms with Crippen molar-refractivity contribution >= 4 is 11.6 Å². The van der Waals surface area contributed by atoms with Crippen LogP contribution in [-0.2, 0) is 11.2 Å². The summed E-state index contributed by atoms with van der Waals surface area (Å²) in [6.07, 6.45) is 1.78. The van der Waals surface area contributed by atoms with Crippen molar-refractivity contribution in [1.29, 1.82) is 0 Å². The Kier molecular flexibility index (Phi) is 3.80. The average Bonchev–Trinajstić information content (AvgIpc) is 2.71. The maximum absolute atomic E-state index is 11.5. The molecule has 1 aliphatic rings. The first-order valence-corrected chi connectivity index (χ1v) is 6.81. The monoisotopic (exact) mass is 261 g/mol. The van der Waals surface area contributed by atoms with E-state index in [9.17, 15) is 4.79 Å². The molecule has 0 radical (unpaired) electrons. The lowest BCUT2D eigenvalue weighted by molar-refractivity contribution is -0.123. The largest absolute Gasteiger partial charge is 0.368 e. The van der Waals surface area contributed by atoms with Crippen LogP contribution in [0.3, 0.4) is 0 Å². The number of hydrogen-bond acceptors (Lipinski definition) is 3. The zero-order valence-electron chi connectivity index (χ0n) is 11.9. The molecule has 0 spiro atoms. The lowest BCUT2D eigenvalue weighted by atomic mass is 9.97. The number of carbonyl (C=O) groups excluding carboxylic acids is 1. The average molecular weight is 261 g/mol. The Morgan fingerprint density at radius 2 is 2.21 bits per heavy atom. The lowest BCUT2D eigenvalue weighted by Gasteiger charge is -2.31. The molecular formula is C15H23N3O. The van der Waals surface area contributed by atoms with E-state index in [2.05, 4.69) is 41.4 Å². The minimum atomic E-state index is -0.642. The third kappa shape index (κ3) is 2.59. The summed E-state index contributed by atoms with van der Waals surface area (Å²) in [5.74, 6) is -0.296. The van der Waals surface area contributed by atoms with Gasteiger partial charge in [0.25, 0.3) is 0 Å². The Hall–Kier alpha value is -1.55. The Balaban J connectivity index is 2.10. The fraction of sp³-hybridized carbons (Fsp3) is 0.533. The Morgan fingerprint density at radius 1 is 1.53 bits per heavy atom. The van der Waals surface area contributed by atoms with Gasteiger partial charge >= 0.3 is 0 Å². The van der Waals surface area contributed by atoms with E-state index >= 15 is 0 Å². The number of rotatable bonds is 5. The predicted octanol–water partition coefficient (Wildman–Crippen LogP) is 1.29. The number of benzene rings is 1. The van der Waals surface area contributed by atoms with Crippen LogP contribution in [0.5, 0.6) is 0 Å². The third-order valence-corrected chi connectivity index (χ3v) is 4.30. The number of primary amides is 1. The van der Waals surface area contributed by atoms with Gasteiger partial charge in [-0.3, -0.25) is 4.79 Å². The first-order valence-electron chi connectivity index (χ1n) is 6.81. The zero-order valence-corrected chi connectivity index (χ0v) is 11.9. The van der Waals surface area contributed by atoms with Gasteiger partial charge in [0.05, 0.1) is 5.54 Å². The van der Waals surface area contributed by atoms with E-state index in [1.807, 2.05) is 6.92 Å². The number of anilines is 1. The van der Waals surface area contributed by atoms with Gasteiger partial charge in [0.1, 0.15) is 0 Å². The fourth-order valence-electron chi connectivity index (χ4n) is 2.69. The van der Waals surface area contributed by atoms with E-state index in [0.29, 0.717) is 12.5 Å². The molecule has 2 unspecified atom stereocenters. The Morgan fingerprint density at radius 3 is 2.84 bits per heavy atom. The molecule has 0 fully saturated rings. The number of para-hydroxylation sites is 1. The number of nitrogens with two attached hydrogens (primary N) is 1. The van der Waals surface area contributed by atoms with E-state index < -0.39 is 5.54 Å². The van der Waals surface area contributed by atoms with Crippen LogP contribution in [0.4, 0.5) is 5.69 Å². The van der Waals surface area contributed by atoms with Crippen molar-refractivity contribution in [2.24, 2.45) is 5.73 Å². The molecule has 1 aliphatic heterocycles. The number of carbonyl (C=O) groups is 1. The molecule has 4 nitrogen and oxygen atoms in total. The summed E-state index contributed by atoms with van der Waals surface area (Å²) in [4.78, 5) is 13.9. The van der Waals surface area contributed by atoms with Gasteiger partial charge < -0.3 is 16.0 Å². The molecule has 1 amide bonds. The van der Waals surface area contributed by atoms with Gasteiger partial charge in [0.15, 0.2) is 0 Å². The molecule has 2 atom stereocenters. The van der Waals surface area contributed by atoms with Crippen molar-refractivity contribution in [1.82, 2.24) is 5.32 Å². The van der Waals surface area contributed by atoms with E-state index in [1.54, 1.807) is 7.05 Å². The second-order valence-electron chi connectivity index (χ2n) is 5.57. The van der Waals surface area contributed by atoms with Gasteiger partial charge in [-0.15, -0.1) is 0 Å². The normalized spacial score (nSPS) is 21.0. The maximum atomic E-state index is 11.5. The standard InChI is InChI=1S/C15H23N3O/c1-11-10-12-6-4-5-7-13(12)18(11)9-8-15(2,17-3)14(16)19/h4-7,11,17H,8-10H2,1-3H3,(H2,16,19). The van der Waals surface area contributed by atoms with Gasteiger partial charge in [-0.1, -0.05) is 18.2 Å². The highest BCUT2D eigenvalue weighted by molar-refractivity contribution is 5.84. The first-order chi connectivity index (χ1) is 8.98. The SMILES string of the molecule is CNC(C)(CCN1c2ccccc2CC1C)C(N)=O. The van der Waals surface area contributed by atoms with Crippen LogP contribution in [0.15, 0.2) is 24.3 Å². The van der Waals surface area contributed by atoms with Crippen LogP contribution >= 0.6 is 0 Å². The van der Waals surface area contributed by atoms with Gasteiger partial charge in [0, 0.05) is 18.3 Å². The molecule has 3 N–H and O–H groups in total. The summed E-state index contributed by atoms with van der Waals surface area (Å²) in [6, 6.07) is 8.95. The molecule has 4 heteroatoms. The summed E-state index contributed by atoms with van der Waals surface area (Å²) in [5.41, 5.74) is 7.51. The summed E-state index contributed by atoms with van der Waals surface area (Å²) >= 11 is 0. The minimum absolute atomic E-state index is 0.296. The van der Waals surface area contributed by atoms with Gasteiger partial charge in [-0.05, 0) is 45.4 Å². The second-order valence-corrected chi connectivity index (χ2v) is 5.57. The molecule has 0 aromatic heterocycles. The molecular weight excluding hydrogens is 238 g/mol. The summed E-state index contributed by atoms with van der Waals surface area (Å²) < 4.78 is 0. The smallest absolute Gasteiger partial charge is 0.237 e. The molecule has 1 heterocycles. The molecule has 0 saturated carbocycles. The van der Waals surface area contributed by atoms with Gasteiger partial charge in [-0.2, -0.15) is 0 Å². The highest BCUT2D eigenvalue weighted by atomic mass is 16.1. The van der Waals surface area contributed by atoms with Crippen molar-refractivity contribution < 1.29 is 4.79 Å². The van der Waals surface area contributed by atoms with Crippen LogP contribution in [0, 0.1) is 0 Å². The third-order valence-electron chi connectivity index (χ3n) is 4.30. The topological polar surface area (TPSA) is 58.4 Å². The second kappa shape index (κ2) is 5.21. The van der Waals surface area contributed by atoms with E-state index in [-0.39, 0.29) is 5.91 Å². The molecule has 0 saturated heterocycles. The zero-order chi connectivity index (χ0) is 14.0. The number of nitrogens with zero attached hydrogens (tertiary/aromatic N) is 1. The van der Waals surface area contributed by atoms with Crippen LogP contribution in [0.1, 0.15) is 25.8 Å². The summed E-state index contributed by atoms with van der Waals surface area (Å²) in [7, 11) is 1.78. The highest BCUT2D eigenvalue weighted by Gasteiger charge is 2.32. The summed E-state index contributed by atoms with van der Waals surface area (Å²) in [5, 5.41) is 3.04. The number of hydrogen-bond donors (Lipinski definition) is 2. The summed E-state index contributed by atoms with van der Waals surface area (Å²) in [6.45, 7) is 4.92. The molecule has 1 aromatic rings. The number of nitrogens with one attached hydrogen (secondary N) is 1. The van der Waals surface area contributed by atoms with Crippen molar-refractivity contribution in [3.63, 3.8) is 0 Å². The molecule has 0 bridgehead atoms. The van der Waals surface area contributed by atoms with Crippen LogP contribution in [0.2, 0.25) is 0 Å². The van der Waals surface area contributed by atoms with E-state index in [1.165, 1.54) is 11.3 Å². The predicted molar refractivity (Wildman–Crippen MR) is 78.2 cm³/mol. The minimum Gasteiger partial charge on any atom is -0.368 e. The van der Waals surface area contributed by atoms with Crippen molar-refractivity contribution in [2.75, 3.05) is 18.5 Å². The van der Waals surface area contributed by atoms with Crippen molar-refractivity contribution in [3.05, 3.63) is 29.8 Å². The molecule has 1 aromatic carbocycles. The van der Waals surface area contributed by atoms with E-state index in [4.69, 9.17) is 5.73 Å². The highest BCUT2D eigenvalue weighted by Crippen LogP contribution is 2.32. The lowest BCUT2D eigenvalue weighted by Crippen LogP contribution is -2.53. The molecule has 104 valence electrons. The van der Waals surface area contributed by atoms with Crippen molar-refractivity contribution in [3.8, 4) is 0 Å². The molecule has 19 heavy (non-hydrogen) atoms. The molecule has 2 rings (SSSR count). The Bertz CT molecular complexity index is 474. The van der Waals surface area contributed by atoms with Crippen LogP contribution in [0.25, 0.3) is 0 Å². The van der Waals surface area contributed by atoms with Gasteiger partial charge in [0.2, 0.25) is 5.91 Å². The van der Waals surface area contributed by atoms with Crippen LogP contribution in [-0.4, -0.2) is 31.1 Å². The quantitative estimate of drug-likeness (QED) is 0.839. The fourth-order valence-corrected chi connectivity index (χ4v) is 2.69. The number of likely N-dealkylation sites (N-methyl/N-ethyl adjacent to an activating group) is 1.